The number of sulfonamides is 1. The first-order chi connectivity index (χ1) is 24.2. The van der Waals surface area contributed by atoms with E-state index in [0.29, 0.717) is 48.0 Å². The number of ether oxygens (including phenoxy) is 3. The highest BCUT2D eigenvalue weighted by atomic mass is 32.2. The summed E-state index contributed by atoms with van der Waals surface area (Å²) in [5.41, 5.74) is 3.20. The minimum Gasteiger partial charge on any atom is -0.493 e. The average Bonchev–Trinajstić information content (AvgIpc) is 3.58. The molecule has 1 fully saturated rings. The highest BCUT2D eigenvalue weighted by Crippen LogP contribution is 2.33. The normalized spacial score (nSPS) is 16.5. The van der Waals surface area contributed by atoms with Gasteiger partial charge >= 0.3 is 0 Å². The summed E-state index contributed by atoms with van der Waals surface area (Å²) >= 11 is 0. The van der Waals surface area contributed by atoms with Gasteiger partial charge in [0.1, 0.15) is 17.3 Å². The highest BCUT2D eigenvalue weighted by molar-refractivity contribution is 7.89. The van der Waals surface area contributed by atoms with Crippen molar-refractivity contribution in [3.8, 4) is 34.5 Å². The molecule has 0 N–H and O–H groups in total. The van der Waals surface area contributed by atoms with E-state index in [4.69, 9.17) is 19.3 Å². The van der Waals surface area contributed by atoms with Crippen molar-refractivity contribution < 1.29 is 32.2 Å². The van der Waals surface area contributed by atoms with Crippen LogP contribution < -0.4 is 9.47 Å². The van der Waals surface area contributed by atoms with E-state index >= 15 is 0 Å². The van der Waals surface area contributed by atoms with E-state index in [9.17, 15) is 23.3 Å². The first-order valence-electron chi connectivity index (χ1n) is 15.9. The van der Waals surface area contributed by atoms with Crippen molar-refractivity contribution in [3.63, 3.8) is 0 Å². The summed E-state index contributed by atoms with van der Waals surface area (Å²) in [6.07, 6.45) is 3.65. The molecule has 0 bridgehead atoms. The van der Waals surface area contributed by atoms with Crippen LogP contribution in [0.2, 0.25) is 0 Å². The number of aromatic nitrogens is 2. The maximum Gasteiger partial charge on any atom is 0.271 e. The number of hydrogen-bond donors (Lipinski definition) is 0. The van der Waals surface area contributed by atoms with Crippen molar-refractivity contribution in [2.75, 3.05) is 47.1 Å². The maximum atomic E-state index is 14.1. The number of benzene rings is 3. The van der Waals surface area contributed by atoms with Gasteiger partial charge in [0.05, 0.1) is 38.0 Å². The van der Waals surface area contributed by atoms with Gasteiger partial charge in [-0.3, -0.25) is 14.5 Å². The molecule has 13 heteroatoms. The molecule has 1 saturated heterocycles. The SMILES string of the molecule is COc1ccc(CCN2C(=O)C(C#N)=C(C)/C(=C\c3cn(-c4ccccc4)nc3-c3cccc(S(=O)(=O)N4CCOCC4)c3)C2=O)cc1OC. The third kappa shape index (κ3) is 6.69. The van der Waals surface area contributed by atoms with E-state index in [2.05, 4.69) is 0 Å². The third-order valence-corrected chi connectivity index (χ3v) is 10.6. The van der Waals surface area contributed by atoms with E-state index in [1.54, 1.807) is 60.3 Å². The molecular formula is C37H35N5O7S. The van der Waals surface area contributed by atoms with E-state index < -0.39 is 21.8 Å². The number of morpholine rings is 1. The fourth-order valence-corrected chi connectivity index (χ4v) is 7.39. The Kier molecular flexibility index (Phi) is 9.96. The number of carbonyl (C=O) groups is 2. The Labute approximate surface area is 290 Å². The Morgan fingerprint density at radius 1 is 0.940 bits per heavy atom. The number of hydrogen-bond acceptors (Lipinski definition) is 9. The predicted octanol–water partition coefficient (Wildman–Crippen LogP) is 4.41. The number of carbonyl (C=O) groups excluding carboxylic acids is 2. The molecule has 4 aromatic rings. The van der Waals surface area contributed by atoms with Crippen LogP contribution in [0.5, 0.6) is 11.5 Å². The van der Waals surface area contributed by atoms with Gasteiger partial charge in [-0.15, -0.1) is 0 Å². The van der Waals surface area contributed by atoms with Gasteiger partial charge < -0.3 is 14.2 Å². The zero-order valence-corrected chi connectivity index (χ0v) is 28.6. The number of imide groups is 1. The average molecular weight is 694 g/mol. The Balaban J connectivity index is 1.41. The summed E-state index contributed by atoms with van der Waals surface area (Å²) in [5, 5.41) is 14.9. The molecule has 0 saturated carbocycles. The predicted molar refractivity (Wildman–Crippen MR) is 185 cm³/mol. The standard InChI is InChI=1S/C37H35N5O7S/c1-25-31(36(43)41(37(44)32(25)23-38)15-14-26-12-13-33(47-2)34(20-26)48-3)22-28-24-42(29-9-5-4-6-10-29)39-35(28)27-8-7-11-30(21-27)50(45,46)40-16-18-49-19-17-40/h4-13,20-22,24H,14-19H2,1-3H3/b31-22+. The summed E-state index contributed by atoms with van der Waals surface area (Å²) in [7, 11) is -0.751. The van der Waals surface area contributed by atoms with Crippen LogP contribution in [0.3, 0.4) is 0 Å². The van der Waals surface area contributed by atoms with Gasteiger partial charge in [0, 0.05) is 42.5 Å². The number of methoxy groups -OCH3 is 2. The molecule has 2 aliphatic heterocycles. The van der Waals surface area contributed by atoms with Crippen LogP contribution in [0.4, 0.5) is 0 Å². The van der Waals surface area contributed by atoms with Crippen molar-refractivity contribution in [3.05, 3.63) is 107 Å². The fourth-order valence-electron chi connectivity index (χ4n) is 5.94. The van der Waals surface area contributed by atoms with E-state index in [-0.39, 0.29) is 41.2 Å². The molecule has 0 unspecified atom stereocenters. The molecule has 3 heterocycles. The van der Waals surface area contributed by atoms with Gasteiger partial charge in [-0.1, -0.05) is 36.4 Å². The molecule has 0 spiro atoms. The molecule has 0 atom stereocenters. The molecule has 0 radical (unpaired) electrons. The molecule has 12 nitrogen and oxygen atoms in total. The molecule has 0 aliphatic carbocycles. The molecule has 256 valence electrons. The minimum atomic E-state index is -3.81. The monoisotopic (exact) mass is 693 g/mol. The molecule has 6 rings (SSSR count). The first-order valence-corrected chi connectivity index (χ1v) is 17.3. The summed E-state index contributed by atoms with van der Waals surface area (Å²) in [6, 6.07) is 23.2. The fraction of sp³-hybridized carbons (Fsp3) is 0.243. The van der Waals surface area contributed by atoms with Gasteiger partial charge in [-0.05, 0) is 67.0 Å². The summed E-state index contributed by atoms with van der Waals surface area (Å²) in [5.74, 6) is -0.170. The number of rotatable bonds is 10. The van der Waals surface area contributed by atoms with Gasteiger partial charge in [-0.25, -0.2) is 13.1 Å². The van der Waals surface area contributed by atoms with E-state index in [1.807, 2.05) is 42.5 Å². The van der Waals surface area contributed by atoms with Crippen molar-refractivity contribution >= 4 is 27.9 Å². The second-order valence-corrected chi connectivity index (χ2v) is 13.6. The summed E-state index contributed by atoms with van der Waals surface area (Å²) in [6.45, 7) is 2.73. The number of nitriles is 1. The zero-order valence-electron chi connectivity index (χ0n) is 27.8. The lowest BCUT2D eigenvalue weighted by atomic mass is 9.93. The Morgan fingerprint density at radius 3 is 2.38 bits per heavy atom. The van der Waals surface area contributed by atoms with Crippen LogP contribution in [0.25, 0.3) is 23.0 Å². The lowest BCUT2D eigenvalue weighted by Gasteiger charge is -2.27. The van der Waals surface area contributed by atoms with Crippen LogP contribution in [-0.4, -0.2) is 86.3 Å². The highest BCUT2D eigenvalue weighted by Gasteiger charge is 2.36. The van der Waals surface area contributed by atoms with Crippen LogP contribution in [0.15, 0.2) is 101 Å². The van der Waals surface area contributed by atoms with Gasteiger partial charge in [0.25, 0.3) is 11.8 Å². The summed E-state index contributed by atoms with van der Waals surface area (Å²) in [4.78, 5) is 28.7. The largest absolute Gasteiger partial charge is 0.493 e. The topological polar surface area (TPSA) is 144 Å². The zero-order chi connectivity index (χ0) is 35.4. The van der Waals surface area contributed by atoms with Gasteiger partial charge in [-0.2, -0.15) is 14.7 Å². The van der Waals surface area contributed by atoms with E-state index in [0.717, 1.165) is 16.2 Å². The minimum absolute atomic E-state index is 0.0144. The molecule has 2 aliphatic rings. The van der Waals surface area contributed by atoms with Crippen LogP contribution >= 0.6 is 0 Å². The third-order valence-electron chi connectivity index (χ3n) is 8.68. The molecule has 50 heavy (non-hydrogen) atoms. The van der Waals surface area contributed by atoms with E-state index in [1.165, 1.54) is 18.5 Å². The quantitative estimate of drug-likeness (QED) is 0.174. The summed E-state index contributed by atoms with van der Waals surface area (Å²) < 4.78 is 46.2. The second-order valence-electron chi connectivity index (χ2n) is 11.6. The molecule has 2 amide bonds. The molecular weight excluding hydrogens is 659 g/mol. The smallest absolute Gasteiger partial charge is 0.271 e. The van der Waals surface area contributed by atoms with Crippen molar-refractivity contribution in [2.24, 2.45) is 0 Å². The van der Waals surface area contributed by atoms with Crippen molar-refractivity contribution in [2.45, 2.75) is 18.2 Å². The van der Waals surface area contributed by atoms with Crippen LogP contribution in [0, 0.1) is 11.3 Å². The van der Waals surface area contributed by atoms with Crippen molar-refractivity contribution in [1.29, 1.82) is 5.26 Å². The molecule has 1 aromatic heterocycles. The lowest BCUT2D eigenvalue weighted by molar-refractivity contribution is -0.140. The van der Waals surface area contributed by atoms with Crippen LogP contribution in [-0.2, 0) is 30.8 Å². The van der Waals surface area contributed by atoms with Gasteiger partial charge in [0.2, 0.25) is 10.0 Å². The van der Waals surface area contributed by atoms with Gasteiger partial charge in [0.15, 0.2) is 11.5 Å². The first kappa shape index (κ1) is 34.3. The number of amides is 2. The lowest BCUT2D eigenvalue weighted by Crippen LogP contribution is -2.43. The Bertz CT molecular complexity index is 2160. The second kappa shape index (κ2) is 14.5. The Hall–Kier alpha value is -5.55. The van der Waals surface area contributed by atoms with Crippen LogP contribution in [0.1, 0.15) is 18.1 Å². The Morgan fingerprint density at radius 2 is 1.68 bits per heavy atom. The number of nitrogens with zero attached hydrogens (tertiary/aromatic N) is 5. The maximum absolute atomic E-state index is 14.1. The van der Waals surface area contributed by atoms with Crippen molar-refractivity contribution in [1.82, 2.24) is 19.0 Å². The number of para-hydroxylation sites is 1. The molecule has 3 aromatic carbocycles.